The van der Waals surface area contributed by atoms with E-state index in [0.29, 0.717) is 11.9 Å². The van der Waals surface area contributed by atoms with Gasteiger partial charge in [0.2, 0.25) is 17.8 Å². The first kappa shape index (κ1) is 16.7. The number of hydrogen-bond acceptors (Lipinski definition) is 6. The Labute approximate surface area is 147 Å². The molecule has 0 saturated heterocycles. The van der Waals surface area contributed by atoms with Crippen molar-refractivity contribution in [2.75, 3.05) is 29.5 Å². The highest BCUT2D eigenvalue weighted by molar-refractivity contribution is 5.40. The average molecular weight is 334 g/mol. The molecule has 0 aliphatic carbocycles. The fourth-order valence-corrected chi connectivity index (χ4v) is 2.48. The van der Waals surface area contributed by atoms with Gasteiger partial charge in [0.05, 0.1) is 0 Å². The molecular weight excluding hydrogens is 312 g/mol. The minimum atomic E-state index is 0.208. The van der Waals surface area contributed by atoms with Crippen LogP contribution in [0.5, 0.6) is 0 Å². The smallest absolute Gasteiger partial charge is 0.229 e. The number of nitrogens with zero attached hydrogens (tertiary/aromatic N) is 3. The predicted octanol–water partition coefficient (Wildman–Crippen LogP) is 2.76. The summed E-state index contributed by atoms with van der Waals surface area (Å²) < 4.78 is 0. The van der Waals surface area contributed by atoms with Crippen LogP contribution >= 0.6 is 0 Å². The van der Waals surface area contributed by atoms with Gasteiger partial charge in [-0.3, -0.25) is 0 Å². The zero-order chi connectivity index (χ0) is 17.3. The lowest BCUT2D eigenvalue weighted by Gasteiger charge is -2.09. The predicted molar refractivity (Wildman–Crippen MR) is 102 cm³/mol. The highest BCUT2D eigenvalue weighted by Crippen LogP contribution is 2.08. The Morgan fingerprint density at radius 2 is 1.08 bits per heavy atom. The fraction of sp³-hybridized carbons (Fsp3) is 0.211. The summed E-state index contributed by atoms with van der Waals surface area (Å²) in [6, 6.07) is 20.5. The van der Waals surface area contributed by atoms with Crippen molar-refractivity contribution in [2.24, 2.45) is 0 Å². The average Bonchev–Trinajstić information content (AvgIpc) is 2.63. The van der Waals surface area contributed by atoms with Crippen LogP contribution in [0, 0.1) is 0 Å². The zero-order valence-corrected chi connectivity index (χ0v) is 14.0. The lowest BCUT2D eigenvalue weighted by Crippen LogP contribution is -2.14. The molecule has 0 atom stereocenters. The Balaban J connectivity index is 1.51. The second-order valence-corrected chi connectivity index (χ2v) is 5.67. The first-order valence-electron chi connectivity index (χ1n) is 8.37. The molecule has 3 aromatic rings. The maximum absolute atomic E-state index is 5.78. The molecule has 6 nitrogen and oxygen atoms in total. The van der Waals surface area contributed by atoms with E-state index < -0.39 is 0 Å². The van der Waals surface area contributed by atoms with Gasteiger partial charge in [0.15, 0.2) is 0 Å². The molecular formula is C19H22N6. The van der Waals surface area contributed by atoms with Gasteiger partial charge in [-0.2, -0.15) is 15.0 Å². The monoisotopic (exact) mass is 334 g/mol. The molecule has 0 unspecified atom stereocenters. The molecule has 0 amide bonds. The molecule has 0 aliphatic rings. The second kappa shape index (κ2) is 8.63. The second-order valence-electron chi connectivity index (χ2n) is 5.67. The van der Waals surface area contributed by atoms with Crippen molar-refractivity contribution in [3.05, 3.63) is 71.8 Å². The maximum Gasteiger partial charge on any atom is 0.229 e. The molecule has 1 aromatic heterocycles. The highest BCUT2D eigenvalue weighted by atomic mass is 15.2. The molecule has 6 heteroatoms. The molecule has 0 saturated carbocycles. The number of benzene rings is 2. The summed E-state index contributed by atoms with van der Waals surface area (Å²) in [5.74, 6) is 1.19. The van der Waals surface area contributed by atoms with E-state index in [-0.39, 0.29) is 5.95 Å². The van der Waals surface area contributed by atoms with E-state index in [4.69, 9.17) is 5.73 Å². The van der Waals surface area contributed by atoms with Gasteiger partial charge in [0, 0.05) is 13.1 Å². The van der Waals surface area contributed by atoms with Crippen LogP contribution in [0.15, 0.2) is 60.7 Å². The largest absolute Gasteiger partial charge is 0.368 e. The van der Waals surface area contributed by atoms with E-state index in [2.05, 4.69) is 49.9 Å². The number of nitrogens with one attached hydrogen (secondary N) is 2. The van der Waals surface area contributed by atoms with Crippen LogP contribution in [0.2, 0.25) is 0 Å². The molecule has 2 aromatic carbocycles. The first-order valence-corrected chi connectivity index (χ1v) is 8.37. The summed E-state index contributed by atoms with van der Waals surface area (Å²) >= 11 is 0. The van der Waals surface area contributed by atoms with Gasteiger partial charge in [-0.1, -0.05) is 60.7 Å². The Hall–Kier alpha value is -3.15. The molecule has 128 valence electrons. The van der Waals surface area contributed by atoms with Gasteiger partial charge in [0.25, 0.3) is 0 Å². The highest BCUT2D eigenvalue weighted by Gasteiger charge is 2.04. The summed E-state index contributed by atoms with van der Waals surface area (Å²) in [6.07, 6.45) is 1.78. The van der Waals surface area contributed by atoms with E-state index in [1.165, 1.54) is 11.1 Å². The molecule has 0 fully saturated rings. The topological polar surface area (TPSA) is 88.8 Å². The van der Waals surface area contributed by atoms with Gasteiger partial charge >= 0.3 is 0 Å². The van der Waals surface area contributed by atoms with E-state index in [0.717, 1.165) is 25.9 Å². The van der Waals surface area contributed by atoms with Crippen LogP contribution in [0.25, 0.3) is 0 Å². The van der Waals surface area contributed by atoms with Crippen molar-refractivity contribution >= 4 is 17.8 Å². The van der Waals surface area contributed by atoms with Gasteiger partial charge in [-0.15, -0.1) is 0 Å². The van der Waals surface area contributed by atoms with E-state index in [1.54, 1.807) is 0 Å². The molecule has 1 heterocycles. The van der Waals surface area contributed by atoms with Crippen molar-refractivity contribution in [2.45, 2.75) is 12.8 Å². The van der Waals surface area contributed by atoms with Gasteiger partial charge < -0.3 is 16.4 Å². The third kappa shape index (κ3) is 5.46. The SMILES string of the molecule is Nc1nc(NCCc2ccccc2)nc(NCCc2ccccc2)n1. The lowest BCUT2D eigenvalue weighted by atomic mass is 10.1. The number of aromatic nitrogens is 3. The number of nitrogens with two attached hydrogens (primary N) is 1. The minimum absolute atomic E-state index is 0.208. The van der Waals surface area contributed by atoms with Gasteiger partial charge in [-0.25, -0.2) is 0 Å². The third-order valence-electron chi connectivity index (χ3n) is 3.73. The summed E-state index contributed by atoms with van der Waals surface area (Å²) in [5.41, 5.74) is 8.31. The number of anilines is 3. The van der Waals surface area contributed by atoms with Crippen LogP contribution in [-0.2, 0) is 12.8 Å². The zero-order valence-electron chi connectivity index (χ0n) is 14.0. The first-order chi connectivity index (χ1) is 12.3. The van der Waals surface area contributed by atoms with Crippen LogP contribution in [0.3, 0.4) is 0 Å². The Morgan fingerprint density at radius 3 is 1.52 bits per heavy atom. The number of hydrogen-bond donors (Lipinski definition) is 3. The molecule has 4 N–H and O–H groups in total. The van der Waals surface area contributed by atoms with Crippen molar-refractivity contribution in [3.8, 4) is 0 Å². The van der Waals surface area contributed by atoms with Crippen LogP contribution in [0.4, 0.5) is 17.8 Å². The van der Waals surface area contributed by atoms with Crippen molar-refractivity contribution in [3.63, 3.8) is 0 Å². The fourth-order valence-electron chi connectivity index (χ4n) is 2.48. The van der Waals surface area contributed by atoms with Crippen molar-refractivity contribution in [1.82, 2.24) is 15.0 Å². The molecule has 0 spiro atoms. The normalized spacial score (nSPS) is 10.4. The molecule has 0 radical (unpaired) electrons. The van der Waals surface area contributed by atoms with Gasteiger partial charge in [-0.05, 0) is 24.0 Å². The van der Waals surface area contributed by atoms with Crippen molar-refractivity contribution in [1.29, 1.82) is 0 Å². The minimum Gasteiger partial charge on any atom is -0.368 e. The Bertz CT molecular complexity index is 713. The lowest BCUT2D eigenvalue weighted by molar-refractivity contribution is 0.945. The summed E-state index contributed by atoms with van der Waals surface area (Å²) in [5, 5.41) is 6.40. The van der Waals surface area contributed by atoms with Gasteiger partial charge in [0.1, 0.15) is 0 Å². The van der Waals surface area contributed by atoms with E-state index >= 15 is 0 Å². The standard InChI is InChI=1S/C19H22N6/c20-17-23-18(21-13-11-15-7-3-1-4-8-15)25-19(24-17)22-14-12-16-9-5-2-6-10-16/h1-10H,11-14H2,(H4,20,21,22,23,24,25). The van der Waals surface area contributed by atoms with Crippen LogP contribution < -0.4 is 16.4 Å². The molecule has 0 bridgehead atoms. The molecule has 3 rings (SSSR count). The number of nitrogen functional groups attached to an aromatic ring is 1. The third-order valence-corrected chi connectivity index (χ3v) is 3.73. The van der Waals surface area contributed by atoms with Crippen molar-refractivity contribution < 1.29 is 0 Å². The van der Waals surface area contributed by atoms with E-state index in [9.17, 15) is 0 Å². The number of rotatable bonds is 8. The van der Waals surface area contributed by atoms with E-state index in [1.807, 2.05) is 36.4 Å². The van der Waals surface area contributed by atoms with Crippen LogP contribution in [0.1, 0.15) is 11.1 Å². The summed E-state index contributed by atoms with van der Waals surface area (Å²) in [7, 11) is 0. The summed E-state index contributed by atoms with van der Waals surface area (Å²) in [6.45, 7) is 1.47. The summed E-state index contributed by atoms with van der Waals surface area (Å²) in [4.78, 5) is 12.6. The maximum atomic E-state index is 5.78. The molecule has 25 heavy (non-hydrogen) atoms. The quantitative estimate of drug-likeness (QED) is 0.587. The Kier molecular flexibility index (Phi) is 5.77. The molecule has 0 aliphatic heterocycles. The Morgan fingerprint density at radius 1 is 0.640 bits per heavy atom. The van der Waals surface area contributed by atoms with Crippen LogP contribution in [-0.4, -0.2) is 28.0 Å².